The number of aromatic nitrogens is 1. The molecule has 3 aromatic carbocycles. The van der Waals surface area contributed by atoms with Crippen molar-refractivity contribution in [1.29, 1.82) is 0 Å². The van der Waals surface area contributed by atoms with E-state index in [1.807, 2.05) is 48.5 Å². The Labute approximate surface area is 180 Å². The maximum absolute atomic E-state index is 12.5. The summed E-state index contributed by atoms with van der Waals surface area (Å²) >= 11 is 0. The number of ether oxygens (including phenoxy) is 1. The fourth-order valence-corrected chi connectivity index (χ4v) is 3.07. The summed E-state index contributed by atoms with van der Waals surface area (Å²) in [6.07, 6.45) is 3.46. The highest BCUT2D eigenvalue weighted by atomic mass is 16.5. The summed E-state index contributed by atoms with van der Waals surface area (Å²) in [7, 11) is 0. The summed E-state index contributed by atoms with van der Waals surface area (Å²) < 4.78 is 7.48. The average Bonchev–Trinajstić information content (AvgIpc) is 2.82. The molecule has 0 atom stereocenters. The molecule has 1 N–H and O–H groups in total. The second-order valence-electron chi connectivity index (χ2n) is 6.94. The molecule has 1 aromatic heterocycles. The third-order valence-electron chi connectivity index (χ3n) is 4.63. The van der Waals surface area contributed by atoms with Crippen molar-refractivity contribution in [1.82, 2.24) is 0 Å². The minimum atomic E-state index is -0.163. The number of amides is 1. The zero-order chi connectivity index (χ0) is 21.5. The van der Waals surface area contributed by atoms with Gasteiger partial charge in [0, 0.05) is 28.9 Å². The molecule has 0 saturated carbocycles. The van der Waals surface area contributed by atoms with Crippen LogP contribution in [0.2, 0.25) is 0 Å². The van der Waals surface area contributed by atoms with Crippen LogP contribution in [0.4, 0.5) is 5.69 Å². The lowest BCUT2D eigenvalue weighted by Gasteiger charge is -2.07. The molecule has 0 fully saturated rings. The SMILES string of the molecule is O=C(C[n+]1ccc(C(=O)c2ccccc2)cc1)Nc1ccc(Oc2ccccc2)cc1. The first-order valence-corrected chi connectivity index (χ1v) is 9.89. The van der Waals surface area contributed by atoms with Crippen LogP contribution in [0.25, 0.3) is 0 Å². The van der Waals surface area contributed by atoms with Gasteiger partial charge in [-0.3, -0.25) is 9.59 Å². The maximum Gasteiger partial charge on any atom is 0.290 e. The van der Waals surface area contributed by atoms with Crippen molar-refractivity contribution in [2.75, 3.05) is 5.32 Å². The topological polar surface area (TPSA) is 59.3 Å². The van der Waals surface area contributed by atoms with E-state index in [0.717, 1.165) is 5.75 Å². The van der Waals surface area contributed by atoms with Gasteiger partial charge in [-0.15, -0.1) is 0 Å². The number of pyridine rings is 1. The first kappa shape index (κ1) is 20.0. The van der Waals surface area contributed by atoms with Crippen molar-refractivity contribution in [3.05, 3.63) is 121 Å². The highest BCUT2D eigenvalue weighted by molar-refractivity contribution is 6.08. The van der Waals surface area contributed by atoms with Crippen LogP contribution in [-0.2, 0) is 11.3 Å². The molecular formula is C26H21N2O3+. The Bertz CT molecular complexity index is 1160. The van der Waals surface area contributed by atoms with E-state index in [1.54, 1.807) is 65.5 Å². The molecule has 0 radical (unpaired) electrons. The molecule has 0 aliphatic carbocycles. The van der Waals surface area contributed by atoms with Crippen LogP contribution in [0, 0.1) is 0 Å². The summed E-state index contributed by atoms with van der Waals surface area (Å²) in [6.45, 7) is 0.141. The molecule has 0 aliphatic rings. The van der Waals surface area contributed by atoms with Crippen LogP contribution in [0.5, 0.6) is 11.5 Å². The van der Waals surface area contributed by atoms with Crippen molar-refractivity contribution < 1.29 is 18.9 Å². The van der Waals surface area contributed by atoms with Crippen molar-refractivity contribution in [3.8, 4) is 11.5 Å². The summed E-state index contributed by atoms with van der Waals surface area (Å²) in [5, 5.41) is 2.86. The summed E-state index contributed by atoms with van der Waals surface area (Å²) in [4.78, 5) is 24.8. The number of nitrogens with one attached hydrogen (secondary N) is 1. The zero-order valence-corrected chi connectivity index (χ0v) is 16.8. The molecule has 1 amide bonds. The summed E-state index contributed by atoms with van der Waals surface area (Å²) in [5.74, 6) is 1.24. The van der Waals surface area contributed by atoms with Crippen LogP contribution < -0.4 is 14.6 Å². The lowest BCUT2D eigenvalue weighted by Crippen LogP contribution is -2.39. The highest BCUT2D eigenvalue weighted by Gasteiger charge is 2.13. The Morgan fingerprint density at radius 1 is 0.677 bits per heavy atom. The average molecular weight is 409 g/mol. The lowest BCUT2D eigenvalue weighted by atomic mass is 10.0. The number of hydrogen-bond donors (Lipinski definition) is 1. The largest absolute Gasteiger partial charge is 0.457 e. The Morgan fingerprint density at radius 2 is 1.23 bits per heavy atom. The number of hydrogen-bond acceptors (Lipinski definition) is 3. The predicted molar refractivity (Wildman–Crippen MR) is 118 cm³/mol. The molecule has 0 bridgehead atoms. The normalized spacial score (nSPS) is 10.3. The number of benzene rings is 3. The predicted octanol–water partition coefficient (Wildman–Crippen LogP) is 4.64. The molecule has 0 aliphatic heterocycles. The lowest BCUT2D eigenvalue weighted by molar-refractivity contribution is -0.684. The van der Waals surface area contributed by atoms with Crippen LogP contribution in [0.3, 0.4) is 0 Å². The van der Waals surface area contributed by atoms with Gasteiger partial charge in [-0.25, -0.2) is 0 Å². The number of carbonyl (C=O) groups is 2. The second kappa shape index (κ2) is 9.50. The van der Waals surface area contributed by atoms with E-state index in [9.17, 15) is 9.59 Å². The fraction of sp³-hybridized carbons (Fsp3) is 0.0385. The van der Waals surface area contributed by atoms with E-state index in [0.29, 0.717) is 22.6 Å². The quantitative estimate of drug-likeness (QED) is 0.357. The van der Waals surface area contributed by atoms with Gasteiger partial charge in [0.15, 0.2) is 18.2 Å². The highest BCUT2D eigenvalue weighted by Crippen LogP contribution is 2.22. The Balaban J connectivity index is 1.33. The van der Waals surface area contributed by atoms with Crippen molar-refractivity contribution in [2.24, 2.45) is 0 Å². The molecule has 31 heavy (non-hydrogen) atoms. The zero-order valence-electron chi connectivity index (χ0n) is 16.8. The van der Waals surface area contributed by atoms with E-state index >= 15 is 0 Å². The molecule has 5 nitrogen and oxygen atoms in total. The fourth-order valence-electron chi connectivity index (χ4n) is 3.07. The van der Waals surface area contributed by atoms with Gasteiger partial charge in [0.25, 0.3) is 5.91 Å². The van der Waals surface area contributed by atoms with Crippen molar-refractivity contribution in [3.63, 3.8) is 0 Å². The van der Waals surface area contributed by atoms with Gasteiger partial charge in [-0.1, -0.05) is 48.5 Å². The van der Waals surface area contributed by atoms with E-state index in [4.69, 9.17) is 4.74 Å². The number of anilines is 1. The standard InChI is InChI=1S/C26H20N2O3/c29-25(27-22-11-13-24(14-12-22)31-23-9-5-2-6-10-23)19-28-17-15-21(16-18-28)26(30)20-7-3-1-4-8-20/h1-18H,19H2/p+1. The smallest absolute Gasteiger partial charge is 0.290 e. The van der Waals surface area contributed by atoms with Gasteiger partial charge < -0.3 is 10.1 Å². The minimum absolute atomic E-state index is 0.0463. The molecule has 1 heterocycles. The Hall–Kier alpha value is -4.25. The van der Waals surface area contributed by atoms with E-state index in [1.165, 1.54) is 0 Å². The summed E-state index contributed by atoms with van der Waals surface area (Å²) in [5.41, 5.74) is 1.90. The molecule has 4 aromatic rings. The van der Waals surface area contributed by atoms with Crippen LogP contribution in [-0.4, -0.2) is 11.7 Å². The number of para-hydroxylation sites is 1. The third-order valence-corrected chi connectivity index (χ3v) is 4.63. The van der Waals surface area contributed by atoms with Crippen molar-refractivity contribution in [2.45, 2.75) is 6.54 Å². The van der Waals surface area contributed by atoms with Gasteiger partial charge in [-0.05, 0) is 36.4 Å². The van der Waals surface area contributed by atoms with E-state index < -0.39 is 0 Å². The molecule has 5 heteroatoms. The number of rotatable bonds is 7. The van der Waals surface area contributed by atoms with Gasteiger partial charge in [0.2, 0.25) is 6.54 Å². The Kier molecular flexibility index (Phi) is 6.14. The van der Waals surface area contributed by atoms with Crippen LogP contribution in [0.1, 0.15) is 15.9 Å². The van der Waals surface area contributed by atoms with E-state index in [-0.39, 0.29) is 18.2 Å². The molecule has 0 spiro atoms. The maximum atomic E-state index is 12.5. The van der Waals surface area contributed by atoms with E-state index in [2.05, 4.69) is 5.32 Å². The Morgan fingerprint density at radius 3 is 1.87 bits per heavy atom. The van der Waals surface area contributed by atoms with Crippen molar-refractivity contribution >= 4 is 17.4 Å². The summed E-state index contributed by atoms with van der Waals surface area (Å²) in [6, 6.07) is 29.3. The van der Waals surface area contributed by atoms with Gasteiger partial charge >= 0.3 is 0 Å². The van der Waals surface area contributed by atoms with Crippen LogP contribution >= 0.6 is 0 Å². The molecular weight excluding hydrogens is 388 g/mol. The molecule has 0 unspecified atom stereocenters. The first-order chi connectivity index (χ1) is 15.2. The minimum Gasteiger partial charge on any atom is -0.457 e. The number of ketones is 1. The van der Waals surface area contributed by atoms with Gasteiger partial charge in [0.05, 0.1) is 0 Å². The third kappa shape index (κ3) is 5.42. The monoisotopic (exact) mass is 409 g/mol. The molecule has 4 rings (SSSR count). The number of carbonyl (C=O) groups excluding carboxylic acids is 2. The molecule has 0 saturated heterocycles. The number of nitrogens with zero attached hydrogens (tertiary/aromatic N) is 1. The van der Waals surface area contributed by atoms with Gasteiger partial charge in [-0.2, -0.15) is 4.57 Å². The molecule has 152 valence electrons. The van der Waals surface area contributed by atoms with Gasteiger partial charge in [0.1, 0.15) is 11.5 Å². The first-order valence-electron chi connectivity index (χ1n) is 9.89. The van der Waals surface area contributed by atoms with Crippen LogP contribution in [0.15, 0.2) is 109 Å². The second-order valence-corrected chi connectivity index (χ2v) is 6.94.